The first-order valence-electron chi connectivity index (χ1n) is 7.25. The minimum Gasteiger partial charge on any atom is -0.339 e. The quantitative estimate of drug-likeness (QED) is 0.872. The second kappa shape index (κ2) is 5.63. The van der Waals surface area contributed by atoms with E-state index >= 15 is 0 Å². The third-order valence-corrected chi connectivity index (χ3v) is 5.81. The van der Waals surface area contributed by atoms with Gasteiger partial charge in [-0.15, -0.1) is 11.8 Å². The first kappa shape index (κ1) is 13.6. The highest BCUT2D eigenvalue weighted by Gasteiger charge is 2.42. The van der Waals surface area contributed by atoms with Gasteiger partial charge in [0.2, 0.25) is 5.89 Å². The van der Waals surface area contributed by atoms with Crippen molar-refractivity contribution in [1.82, 2.24) is 15.5 Å². The predicted molar refractivity (Wildman–Crippen MR) is 82.6 cm³/mol. The molecule has 1 aromatic carbocycles. The molecule has 0 saturated carbocycles. The van der Waals surface area contributed by atoms with Crippen molar-refractivity contribution in [2.45, 2.75) is 47.9 Å². The largest absolute Gasteiger partial charge is 0.339 e. The number of nitrogens with one attached hydrogen (secondary N) is 1. The molecule has 110 valence electrons. The molecule has 0 radical (unpaired) electrons. The summed E-state index contributed by atoms with van der Waals surface area (Å²) in [6.45, 7) is 0. The number of hydrogen-bond donors (Lipinski definition) is 1. The molecule has 2 aromatic rings. The average Bonchev–Trinajstić information content (AvgIpc) is 3.22. The highest BCUT2D eigenvalue weighted by atomic mass is 35.5. The van der Waals surface area contributed by atoms with Gasteiger partial charge in [-0.2, -0.15) is 4.98 Å². The first-order valence-corrected chi connectivity index (χ1v) is 8.62. The second-order valence-corrected chi connectivity index (χ2v) is 7.08. The van der Waals surface area contributed by atoms with Crippen molar-refractivity contribution in [3.63, 3.8) is 0 Å². The number of rotatable bonds is 4. The Labute approximate surface area is 132 Å². The van der Waals surface area contributed by atoms with E-state index in [0.29, 0.717) is 23.8 Å². The van der Waals surface area contributed by atoms with E-state index in [1.54, 1.807) is 11.8 Å². The summed E-state index contributed by atoms with van der Waals surface area (Å²) in [6.07, 6.45) is 3.63. The lowest BCUT2D eigenvalue weighted by Crippen LogP contribution is -2.21. The summed E-state index contributed by atoms with van der Waals surface area (Å²) in [7, 11) is 0. The number of benzene rings is 1. The smallest absolute Gasteiger partial charge is 0.231 e. The zero-order valence-electron chi connectivity index (χ0n) is 11.5. The van der Waals surface area contributed by atoms with Gasteiger partial charge in [0.25, 0.3) is 0 Å². The van der Waals surface area contributed by atoms with Crippen molar-refractivity contribution in [3.05, 3.63) is 41.0 Å². The van der Waals surface area contributed by atoms with Crippen LogP contribution in [0.3, 0.4) is 0 Å². The van der Waals surface area contributed by atoms with E-state index in [-0.39, 0.29) is 0 Å². The molecule has 6 heteroatoms. The SMILES string of the molecule is Clc1ccccc1SCc1noc(C2CC3CCC2N3)n1. The molecule has 0 amide bonds. The van der Waals surface area contributed by atoms with Gasteiger partial charge >= 0.3 is 0 Å². The van der Waals surface area contributed by atoms with Crippen LogP contribution in [0.2, 0.25) is 5.02 Å². The van der Waals surface area contributed by atoms with E-state index in [1.165, 1.54) is 12.8 Å². The molecule has 2 saturated heterocycles. The lowest BCUT2D eigenvalue weighted by molar-refractivity contribution is 0.327. The van der Waals surface area contributed by atoms with E-state index in [0.717, 1.165) is 28.1 Å². The van der Waals surface area contributed by atoms with Crippen LogP contribution in [-0.4, -0.2) is 22.2 Å². The molecule has 2 bridgehead atoms. The van der Waals surface area contributed by atoms with Crippen LogP contribution >= 0.6 is 23.4 Å². The van der Waals surface area contributed by atoms with Crippen LogP contribution in [0.15, 0.2) is 33.7 Å². The minimum absolute atomic E-state index is 0.398. The summed E-state index contributed by atoms with van der Waals surface area (Å²) in [5, 5.41) is 8.48. The molecule has 0 aliphatic carbocycles. The van der Waals surface area contributed by atoms with Crippen LogP contribution in [0.4, 0.5) is 0 Å². The highest BCUT2D eigenvalue weighted by Crippen LogP contribution is 2.39. The Bertz CT molecular complexity index is 647. The van der Waals surface area contributed by atoms with Crippen molar-refractivity contribution in [3.8, 4) is 0 Å². The predicted octanol–water partition coefficient (Wildman–Crippen LogP) is 3.62. The van der Waals surface area contributed by atoms with Crippen molar-refractivity contribution >= 4 is 23.4 Å². The normalized spacial score (nSPS) is 27.4. The van der Waals surface area contributed by atoms with Gasteiger partial charge in [0.15, 0.2) is 5.82 Å². The van der Waals surface area contributed by atoms with Crippen molar-refractivity contribution in [2.75, 3.05) is 0 Å². The summed E-state index contributed by atoms with van der Waals surface area (Å²) in [5.41, 5.74) is 0. The van der Waals surface area contributed by atoms with E-state index in [1.807, 2.05) is 24.3 Å². The Kier molecular flexibility index (Phi) is 3.65. The van der Waals surface area contributed by atoms with Gasteiger partial charge in [0, 0.05) is 17.0 Å². The van der Waals surface area contributed by atoms with Crippen LogP contribution in [0.25, 0.3) is 0 Å². The van der Waals surface area contributed by atoms with Gasteiger partial charge in [-0.3, -0.25) is 0 Å². The average molecular weight is 322 g/mol. The third-order valence-electron chi connectivity index (χ3n) is 4.29. The van der Waals surface area contributed by atoms with Gasteiger partial charge in [0.05, 0.1) is 16.7 Å². The Balaban J connectivity index is 1.42. The molecule has 2 aliphatic heterocycles. The van der Waals surface area contributed by atoms with Crippen LogP contribution in [-0.2, 0) is 5.75 Å². The topological polar surface area (TPSA) is 51.0 Å². The molecule has 1 N–H and O–H groups in total. The van der Waals surface area contributed by atoms with E-state index in [2.05, 4.69) is 15.5 Å². The zero-order chi connectivity index (χ0) is 14.2. The maximum Gasteiger partial charge on any atom is 0.231 e. The summed E-state index contributed by atoms with van der Waals surface area (Å²) < 4.78 is 5.47. The highest BCUT2D eigenvalue weighted by molar-refractivity contribution is 7.98. The minimum atomic E-state index is 0.398. The van der Waals surface area contributed by atoms with Crippen molar-refractivity contribution in [2.24, 2.45) is 0 Å². The molecule has 2 aliphatic rings. The lowest BCUT2D eigenvalue weighted by atomic mass is 9.89. The zero-order valence-corrected chi connectivity index (χ0v) is 13.0. The molecule has 3 atom stereocenters. The molecule has 3 heterocycles. The fourth-order valence-electron chi connectivity index (χ4n) is 3.28. The van der Waals surface area contributed by atoms with Gasteiger partial charge in [-0.25, -0.2) is 0 Å². The number of hydrogen-bond acceptors (Lipinski definition) is 5. The molecule has 4 nitrogen and oxygen atoms in total. The number of thioether (sulfide) groups is 1. The van der Waals surface area contributed by atoms with Crippen LogP contribution in [0.1, 0.15) is 36.9 Å². The molecule has 1 aromatic heterocycles. The van der Waals surface area contributed by atoms with E-state index in [4.69, 9.17) is 16.1 Å². The van der Waals surface area contributed by atoms with Crippen molar-refractivity contribution < 1.29 is 4.52 Å². The van der Waals surface area contributed by atoms with Crippen LogP contribution < -0.4 is 5.32 Å². The summed E-state index contributed by atoms with van der Waals surface area (Å²) in [6, 6.07) is 8.99. The van der Waals surface area contributed by atoms with Crippen molar-refractivity contribution in [1.29, 1.82) is 0 Å². The molecular formula is C15H16ClN3OS. The summed E-state index contributed by atoms with van der Waals surface area (Å²) >= 11 is 7.79. The standard InChI is InChI=1S/C15H16ClN3OS/c16-11-3-1-2-4-13(11)21-8-14-18-15(20-19-14)10-7-9-5-6-12(10)17-9/h1-4,9-10,12,17H,5-8H2. The Hall–Kier alpha value is -1.04. The van der Waals surface area contributed by atoms with Crippen LogP contribution in [0.5, 0.6) is 0 Å². The second-order valence-electron chi connectivity index (χ2n) is 5.66. The Morgan fingerprint density at radius 2 is 2.24 bits per heavy atom. The molecule has 0 spiro atoms. The number of aromatic nitrogens is 2. The van der Waals surface area contributed by atoms with Gasteiger partial charge in [0.1, 0.15) is 0 Å². The molecular weight excluding hydrogens is 306 g/mol. The molecule has 3 unspecified atom stereocenters. The Morgan fingerprint density at radius 1 is 1.33 bits per heavy atom. The third kappa shape index (κ3) is 2.70. The van der Waals surface area contributed by atoms with Gasteiger partial charge < -0.3 is 9.84 Å². The maximum atomic E-state index is 6.15. The molecule has 4 rings (SSSR count). The number of nitrogens with zero attached hydrogens (tertiary/aromatic N) is 2. The fourth-order valence-corrected chi connectivity index (χ4v) is 4.36. The van der Waals surface area contributed by atoms with Crippen LogP contribution in [0, 0.1) is 0 Å². The molecule has 2 fully saturated rings. The van der Waals surface area contributed by atoms with E-state index in [9.17, 15) is 0 Å². The Morgan fingerprint density at radius 3 is 3.00 bits per heavy atom. The molecule has 21 heavy (non-hydrogen) atoms. The maximum absolute atomic E-state index is 6.15. The number of halogens is 1. The van der Waals surface area contributed by atoms with Gasteiger partial charge in [-0.05, 0) is 31.4 Å². The summed E-state index contributed by atoms with van der Waals surface area (Å²) in [4.78, 5) is 5.62. The number of fused-ring (bicyclic) bond motifs is 2. The summed E-state index contributed by atoms with van der Waals surface area (Å²) in [5.74, 6) is 2.62. The first-order chi connectivity index (χ1) is 10.3. The van der Waals surface area contributed by atoms with E-state index < -0.39 is 0 Å². The van der Waals surface area contributed by atoms with Gasteiger partial charge in [-0.1, -0.05) is 28.9 Å². The lowest BCUT2D eigenvalue weighted by Gasteiger charge is -2.15. The monoisotopic (exact) mass is 321 g/mol. The fraction of sp³-hybridized carbons (Fsp3) is 0.467.